The van der Waals surface area contributed by atoms with Crippen LogP contribution in [-0.2, 0) is 39.9 Å². The molecular formula is C30H44ClNO7. The van der Waals surface area contributed by atoms with Gasteiger partial charge in [0, 0.05) is 18.7 Å². The highest BCUT2D eigenvalue weighted by molar-refractivity contribution is 6.30. The number of carbonyl (C=O) groups excluding carboxylic acids is 3. The van der Waals surface area contributed by atoms with Gasteiger partial charge in [0.1, 0.15) is 12.2 Å². The topological polar surface area (TPSA) is 100 Å². The molecule has 1 N–H and O–H groups in total. The highest BCUT2D eigenvalue weighted by atomic mass is 35.5. The van der Waals surface area contributed by atoms with Gasteiger partial charge in [-0.25, -0.2) is 0 Å². The molecule has 1 aliphatic carbocycles. The van der Waals surface area contributed by atoms with Crippen LogP contribution in [0.5, 0.6) is 0 Å². The highest BCUT2D eigenvalue weighted by Gasteiger charge is 2.45. The molecule has 2 atom stereocenters. The average Bonchev–Trinajstić information content (AvgIpc) is 3.35. The van der Waals surface area contributed by atoms with E-state index in [2.05, 4.69) is 11.9 Å². The number of hydrogen-bond donors (Lipinski definition) is 1. The Hall–Kier alpha value is -2.42. The van der Waals surface area contributed by atoms with Crippen LogP contribution in [0.1, 0.15) is 71.3 Å². The first-order chi connectivity index (χ1) is 18.5. The molecule has 1 aromatic rings. The third-order valence-corrected chi connectivity index (χ3v) is 6.95. The maximum atomic E-state index is 13.8. The summed E-state index contributed by atoms with van der Waals surface area (Å²) in [5, 5.41) is 3.69. The summed E-state index contributed by atoms with van der Waals surface area (Å²) in [6.45, 7) is 9.95. The molecule has 0 bridgehead atoms. The molecule has 9 heteroatoms. The van der Waals surface area contributed by atoms with Crippen molar-refractivity contribution >= 4 is 29.4 Å². The molecule has 2 rings (SSSR count). The molecular weight excluding hydrogens is 522 g/mol. The summed E-state index contributed by atoms with van der Waals surface area (Å²) in [6.07, 6.45) is 5.35. The second kappa shape index (κ2) is 16.0. The Balaban J connectivity index is 2.16. The van der Waals surface area contributed by atoms with Gasteiger partial charge in [0.25, 0.3) is 0 Å². The summed E-state index contributed by atoms with van der Waals surface area (Å²) in [7, 11) is 1.59. The van der Waals surface area contributed by atoms with E-state index in [4.69, 9.17) is 30.5 Å². The molecule has 39 heavy (non-hydrogen) atoms. The summed E-state index contributed by atoms with van der Waals surface area (Å²) in [6, 6.07) is 6.68. The molecule has 1 aromatic carbocycles. The lowest BCUT2D eigenvalue weighted by atomic mass is 9.75. The minimum absolute atomic E-state index is 0.0462. The van der Waals surface area contributed by atoms with E-state index in [1.54, 1.807) is 19.2 Å². The molecule has 0 heterocycles. The summed E-state index contributed by atoms with van der Waals surface area (Å²) in [4.78, 5) is 39.3. The van der Waals surface area contributed by atoms with Crippen molar-refractivity contribution in [2.75, 3.05) is 26.9 Å². The first-order valence-electron chi connectivity index (χ1n) is 13.6. The van der Waals surface area contributed by atoms with Crippen molar-refractivity contribution in [1.29, 1.82) is 0 Å². The Kier molecular flexibility index (Phi) is 13.4. The van der Waals surface area contributed by atoms with E-state index >= 15 is 0 Å². The minimum Gasteiger partial charge on any atom is -0.461 e. The second-order valence-electron chi connectivity index (χ2n) is 11.2. The number of benzene rings is 1. The summed E-state index contributed by atoms with van der Waals surface area (Å²) in [5.74, 6) is -1.44. The normalized spacial score (nSPS) is 16.2. The lowest BCUT2D eigenvalue weighted by Crippen LogP contribution is -2.48. The lowest BCUT2D eigenvalue weighted by Gasteiger charge is -2.34. The Labute approximate surface area is 237 Å². The molecule has 0 unspecified atom stereocenters. The highest BCUT2D eigenvalue weighted by Crippen LogP contribution is 2.44. The SMILES string of the molecule is C=CCOC(=O)C[C@@H](COCc1ccc(Cl)cc1)NC(=O)C1(C[C@@H](CCOC)C(=O)OC(C)(C)C)CCCC1. The van der Waals surface area contributed by atoms with Crippen LogP contribution in [0.2, 0.25) is 5.02 Å². The van der Waals surface area contributed by atoms with Gasteiger partial charge in [-0.05, 0) is 64.2 Å². The van der Waals surface area contributed by atoms with Crippen LogP contribution in [0.3, 0.4) is 0 Å². The predicted octanol–water partition coefficient (Wildman–Crippen LogP) is 5.41. The molecule has 0 aliphatic heterocycles. The molecule has 0 radical (unpaired) electrons. The monoisotopic (exact) mass is 565 g/mol. The molecule has 0 spiro atoms. The molecule has 1 saturated carbocycles. The summed E-state index contributed by atoms with van der Waals surface area (Å²) < 4.78 is 22.0. The first-order valence-corrected chi connectivity index (χ1v) is 14.0. The number of nitrogens with one attached hydrogen (secondary N) is 1. The van der Waals surface area contributed by atoms with Crippen LogP contribution in [-0.4, -0.2) is 56.4 Å². The number of hydrogen-bond acceptors (Lipinski definition) is 7. The fraction of sp³-hybridized carbons (Fsp3) is 0.633. The van der Waals surface area contributed by atoms with E-state index in [1.807, 2.05) is 32.9 Å². The van der Waals surface area contributed by atoms with Crippen molar-refractivity contribution in [1.82, 2.24) is 5.32 Å². The second-order valence-corrected chi connectivity index (χ2v) is 11.6. The zero-order valence-corrected chi connectivity index (χ0v) is 24.5. The van der Waals surface area contributed by atoms with Gasteiger partial charge in [-0.15, -0.1) is 0 Å². The number of ether oxygens (including phenoxy) is 4. The molecule has 0 aromatic heterocycles. The predicted molar refractivity (Wildman–Crippen MR) is 150 cm³/mol. The Bertz CT molecular complexity index is 936. The van der Waals surface area contributed by atoms with Crippen molar-refractivity contribution < 1.29 is 33.3 Å². The van der Waals surface area contributed by atoms with Crippen molar-refractivity contribution in [2.45, 2.75) is 84.0 Å². The van der Waals surface area contributed by atoms with Crippen LogP contribution in [0.25, 0.3) is 0 Å². The molecule has 1 fully saturated rings. The van der Waals surface area contributed by atoms with Crippen molar-refractivity contribution in [3.05, 3.63) is 47.5 Å². The van der Waals surface area contributed by atoms with E-state index in [1.165, 1.54) is 6.08 Å². The van der Waals surface area contributed by atoms with Crippen LogP contribution >= 0.6 is 11.6 Å². The Morgan fingerprint density at radius 2 is 1.82 bits per heavy atom. The smallest absolute Gasteiger partial charge is 0.309 e. The van der Waals surface area contributed by atoms with Gasteiger partial charge >= 0.3 is 11.9 Å². The largest absolute Gasteiger partial charge is 0.461 e. The standard InChI is InChI=1S/C30H44ClNO7/c1-6-16-38-26(33)18-25(21-37-20-22-9-11-24(31)12-10-22)32-28(35)30(14-7-8-15-30)19-23(13-17-36-5)27(34)39-29(2,3)4/h6,9-12,23,25H,1,7-8,13-21H2,2-5H3,(H,32,35)/t23-,25+/m1/s1. The molecule has 8 nitrogen and oxygen atoms in total. The van der Waals surface area contributed by atoms with Gasteiger partial charge in [-0.2, -0.15) is 0 Å². The van der Waals surface area contributed by atoms with Gasteiger partial charge in [-0.3, -0.25) is 14.4 Å². The van der Waals surface area contributed by atoms with E-state index in [-0.39, 0.29) is 31.5 Å². The van der Waals surface area contributed by atoms with E-state index in [0.717, 1.165) is 18.4 Å². The minimum atomic E-state index is -0.741. The maximum Gasteiger partial charge on any atom is 0.309 e. The number of carbonyl (C=O) groups is 3. The number of esters is 2. The zero-order valence-electron chi connectivity index (χ0n) is 23.8. The number of halogens is 1. The van der Waals surface area contributed by atoms with Crippen LogP contribution in [0, 0.1) is 11.3 Å². The van der Waals surface area contributed by atoms with Crippen molar-refractivity contribution in [2.24, 2.45) is 11.3 Å². The van der Waals surface area contributed by atoms with Gasteiger partial charge < -0.3 is 24.3 Å². The van der Waals surface area contributed by atoms with Crippen LogP contribution in [0.4, 0.5) is 0 Å². The van der Waals surface area contributed by atoms with E-state index in [9.17, 15) is 14.4 Å². The van der Waals surface area contributed by atoms with Crippen LogP contribution < -0.4 is 5.32 Å². The first kappa shape index (κ1) is 32.8. The lowest BCUT2D eigenvalue weighted by molar-refractivity contribution is -0.162. The average molecular weight is 566 g/mol. The van der Waals surface area contributed by atoms with Crippen molar-refractivity contribution in [3.63, 3.8) is 0 Å². The summed E-state index contributed by atoms with van der Waals surface area (Å²) in [5.41, 5.74) is -0.454. The van der Waals surface area contributed by atoms with Gasteiger partial charge in [-0.1, -0.05) is 49.2 Å². The fourth-order valence-corrected chi connectivity index (χ4v) is 4.92. The molecule has 1 aliphatic rings. The van der Waals surface area contributed by atoms with E-state index < -0.39 is 28.9 Å². The number of methoxy groups -OCH3 is 1. The summed E-state index contributed by atoms with van der Waals surface area (Å²) >= 11 is 5.96. The third-order valence-electron chi connectivity index (χ3n) is 6.70. The Morgan fingerprint density at radius 1 is 1.15 bits per heavy atom. The van der Waals surface area contributed by atoms with E-state index in [0.29, 0.717) is 43.9 Å². The van der Waals surface area contributed by atoms with Crippen molar-refractivity contribution in [3.8, 4) is 0 Å². The quantitative estimate of drug-likeness (QED) is 0.211. The Morgan fingerprint density at radius 3 is 2.41 bits per heavy atom. The third kappa shape index (κ3) is 11.7. The van der Waals surface area contributed by atoms with Gasteiger partial charge in [0.2, 0.25) is 5.91 Å². The fourth-order valence-electron chi connectivity index (χ4n) is 4.80. The van der Waals surface area contributed by atoms with Gasteiger partial charge in [0.15, 0.2) is 0 Å². The van der Waals surface area contributed by atoms with Crippen LogP contribution in [0.15, 0.2) is 36.9 Å². The number of amides is 1. The zero-order chi connectivity index (χ0) is 28.9. The molecule has 218 valence electrons. The maximum absolute atomic E-state index is 13.8. The van der Waals surface area contributed by atoms with Gasteiger partial charge in [0.05, 0.1) is 37.0 Å². The molecule has 1 amide bonds. The molecule has 0 saturated heterocycles. The number of rotatable bonds is 16.